The van der Waals surface area contributed by atoms with Gasteiger partial charge in [-0.1, -0.05) is 44.2 Å². The monoisotopic (exact) mass is 418 g/mol. The fourth-order valence-electron chi connectivity index (χ4n) is 4.63. The van der Waals surface area contributed by atoms with E-state index in [-0.39, 0.29) is 22.9 Å². The van der Waals surface area contributed by atoms with Crippen LogP contribution < -0.4 is 10.6 Å². The summed E-state index contributed by atoms with van der Waals surface area (Å²) in [6, 6.07) is 13.6. The van der Waals surface area contributed by atoms with Crippen molar-refractivity contribution in [1.29, 1.82) is 0 Å². The van der Waals surface area contributed by atoms with E-state index >= 15 is 0 Å². The minimum atomic E-state index is -0.538. The summed E-state index contributed by atoms with van der Waals surface area (Å²) in [7, 11) is 0. The molecule has 0 radical (unpaired) electrons. The summed E-state index contributed by atoms with van der Waals surface area (Å²) < 4.78 is 13.6. The Balaban J connectivity index is 1.81. The van der Waals surface area contributed by atoms with Gasteiger partial charge in [-0.2, -0.15) is 0 Å². The summed E-state index contributed by atoms with van der Waals surface area (Å²) in [5.41, 5.74) is 4.93. The van der Waals surface area contributed by atoms with E-state index < -0.39 is 5.92 Å². The zero-order valence-corrected chi connectivity index (χ0v) is 18.3. The molecule has 4 rings (SSSR count). The van der Waals surface area contributed by atoms with Gasteiger partial charge in [0.2, 0.25) is 0 Å². The van der Waals surface area contributed by atoms with E-state index in [1.807, 2.05) is 38.1 Å². The summed E-state index contributed by atoms with van der Waals surface area (Å²) in [6.45, 7) is 7.94. The van der Waals surface area contributed by atoms with Crippen molar-refractivity contribution in [2.24, 2.45) is 5.41 Å². The van der Waals surface area contributed by atoms with E-state index in [0.717, 1.165) is 28.9 Å². The van der Waals surface area contributed by atoms with Crippen molar-refractivity contribution < 1.29 is 14.0 Å². The molecule has 1 aliphatic heterocycles. The fraction of sp³-hybridized carbons (Fsp3) is 0.308. The molecule has 0 fully saturated rings. The number of amides is 1. The molecule has 2 N–H and O–H groups in total. The molecular weight excluding hydrogens is 391 g/mol. The first-order valence-corrected chi connectivity index (χ1v) is 10.5. The maximum atomic E-state index is 13.6. The predicted molar refractivity (Wildman–Crippen MR) is 120 cm³/mol. The largest absolute Gasteiger partial charge is 0.362 e. The van der Waals surface area contributed by atoms with Crippen LogP contribution in [0.3, 0.4) is 0 Å². The number of aryl methyl sites for hydroxylation is 1. The molecule has 0 saturated heterocycles. The molecule has 0 unspecified atom stereocenters. The maximum Gasteiger partial charge on any atom is 0.254 e. The van der Waals surface area contributed by atoms with Crippen LogP contribution in [0.2, 0.25) is 0 Å². The molecule has 31 heavy (non-hydrogen) atoms. The van der Waals surface area contributed by atoms with Crippen LogP contribution in [0.4, 0.5) is 10.1 Å². The zero-order valence-electron chi connectivity index (χ0n) is 18.3. The summed E-state index contributed by atoms with van der Waals surface area (Å²) in [6.07, 6.45) is 1.13. The van der Waals surface area contributed by atoms with Gasteiger partial charge in [0.15, 0.2) is 5.78 Å². The first-order chi connectivity index (χ1) is 14.7. The summed E-state index contributed by atoms with van der Waals surface area (Å²) in [5, 5.41) is 6.35. The number of Topliss-reactive ketones (excluding diaryl/α,β-unsaturated/α-hetero) is 1. The Morgan fingerprint density at radius 1 is 1.06 bits per heavy atom. The SMILES string of the molecule is CC1=C(C(=O)Nc2ccccc2C)[C@H](c2ccc(F)cc2)C2=C(CC(C)(C)CC2=O)N1. The molecule has 2 aromatic rings. The highest BCUT2D eigenvalue weighted by molar-refractivity contribution is 6.10. The van der Waals surface area contributed by atoms with Gasteiger partial charge < -0.3 is 10.6 Å². The Morgan fingerprint density at radius 3 is 2.42 bits per heavy atom. The van der Waals surface area contributed by atoms with Gasteiger partial charge in [0, 0.05) is 40.6 Å². The molecule has 5 heteroatoms. The highest BCUT2D eigenvalue weighted by atomic mass is 19.1. The molecule has 0 aromatic heterocycles. The molecule has 2 aliphatic rings. The normalized spacial score (nSPS) is 20.3. The number of carbonyl (C=O) groups is 2. The second-order valence-corrected chi connectivity index (χ2v) is 9.25. The lowest BCUT2D eigenvalue weighted by atomic mass is 9.68. The van der Waals surface area contributed by atoms with Gasteiger partial charge in [-0.15, -0.1) is 0 Å². The van der Waals surface area contributed by atoms with E-state index in [2.05, 4.69) is 24.5 Å². The van der Waals surface area contributed by atoms with Crippen molar-refractivity contribution in [1.82, 2.24) is 5.32 Å². The number of anilines is 1. The number of ketones is 1. The number of allylic oxidation sites excluding steroid dienone is 3. The van der Waals surface area contributed by atoms with Crippen LogP contribution in [-0.4, -0.2) is 11.7 Å². The van der Waals surface area contributed by atoms with Crippen LogP contribution in [0.15, 0.2) is 71.1 Å². The molecule has 2 aromatic carbocycles. The van der Waals surface area contributed by atoms with Crippen molar-refractivity contribution in [3.8, 4) is 0 Å². The second-order valence-electron chi connectivity index (χ2n) is 9.25. The van der Waals surface area contributed by atoms with E-state index in [0.29, 0.717) is 23.3 Å². The van der Waals surface area contributed by atoms with Crippen molar-refractivity contribution in [3.05, 3.63) is 88.0 Å². The maximum absolute atomic E-state index is 13.6. The van der Waals surface area contributed by atoms with Crippen molar-refractivity contribution >= 4 is 17.4 Å². The van der Waals surface area contributed by atoms with Crippen LogP contribution in [-0.2, 0) is 9.59 Å². The number of hydrogen-bond acceptors (Lipinski definition) is 3. The van der Waals surface area contributed by atoms with Gasteiger partial charge in [0.1, 0.15) is 5.82 Å². The topological polar surface area (TPSA) is 58.2 Å². The standard InChI is InChI=1S/C26H27FN2O2/c1-15-7-5-6-8-19(15)29-25(31)22-16(2)28-20-13-26(3,4)14-21(30)24(20)23(22)17-9-11-18(27)12-10-17/h5-12,23,28H,13-14H2,1-4H3,(H,29,31)/t23-/m0/s1. The van der Waals surface area contributed by atoms with Gasteiger partial charge >= 0.3 is 0 Å². The van der Waals surface area contributed by atoms with Crippen LogP contribution in [0.1, 0.15) is 50.7 Å². The Bertz CT molecular complexity index is 1130. The van der Waals surface area contributed by atoms with E-state index in [9.17, 15) is 14.0 Å². The lowest BCUT2D eigenvalue weighted by Gasteiger charge is -2.39. The summed E-state index contributed by atoms with van der Waals surface area (Å²) in [5.74, 6) is -1.13. The smallest absolute Gasteiger partial charge is 0.254 e. The number of carbonyl (C=O) groups excluding carboxylic acids is 2. The highest BCUT2D eigenvalue weighted by Gasteiger charge is 2.42. The third-order valence-corrected chi connectivity index (χ3v) is 6.08. The van der Waals surface area contributed by atoms with Gasteiger partial charge in [-0.3, -0.25) is 9.59 Å². The molecule has 160 valence electrons. The number of hydrogen-bond donors (Lipinski definition) is 2. The van der Waals surface area contributed by atoms with Crippen LogP contribution in [0.25, 0.3) is 0 Å². The number of halogens is 1. The van der Waals surface area contributed by atoms with E-state index in [1.165, 1.54) is 12.1 Å². The fourth-order valence-corrected chi connectivity index (χ4v) is 4.63. The predicted octanol–water partition coefficient (Wildman–Crippen LogP) is 5.38. The minimum absolute atomic E-state index is 0.0294. The van der Waals surface area contributed by atoms with Crippen LogP contribution in [0, 0.1) is 18.2 Å². The average Bonchev–Trinajstić information content (AvgIpc) is 2.68. The molecule has 0 saturated carbocycles. The number of rotatable bonds is 3. The van der Waals surface area contributed by atoms with Crippen LogP contribution in [0.5, 0.6) is 0 Å². The zero-order chi connectivity index (χ0) is 22.3. The van der Waals surface area contributed by atoms with Gasteiger partial charge in [0.25, 0.3) is 5.91 Å². The highest BCUT2D eigenvalue weighted by Crippen LogP contribution is 2.46. The quantitative estimate of drug-likeness (QED) is 0.704. The molecule has 4 nitrogen and oxygen atoms in total. The molecule has 1 amide bonds. The van der Waals surface area contributed by atoms with E-state index in [1.54, 1.807) is 12.1 Å². The second kappa shape index (κ2) is 7.80. The molecule has 1 heterocycles. The van der Waals surface area contributed by atoms with Crippen molar-refractivity contribution in [2.45, 2.75) is 46.5 Å². The molecular formula is C26H27FN2O2. The lowest BCUT2D eigenvalue weighted by molar-refractivity contribution is -0.118. The number of nitrogens with one attached hydrogen (secondary N) is 2. The van der Waals surface area contributed by atoms with E-state index in [4.69, 9.17) is 0 Å². The number of benzene rings is 2. The number of para-hydroxylation sites is 1. The minimum Gasteiger partial charge on any atom is -0.362 e. The Hall–Kier alpha value is -3.21. The van der Waals surface area contributed by atoms with Crippen molar-refractivity contribution in [2.75, 3.05) is 5.32 Å². The molecule has 1 aliphatic carbocycles. The first kappa shape index (κ1) is 21.0. The lowest BCUT2D eigenvalue weighted by Crippen LogP contribution is -2.39. The van der Waals surface area contributed by atoms with Crippen molar-refractivity contribution in [3.63, 3.8) is 0 Å². The molecule has 0 spiro atoms. The number of dihydropyridines is 1. The Morgan fingerprint density at radius 2 is 1.74 bits per heavy atom. The summed E-state index contributed by atoms with van der Waals surface area (Å²) >= 11 is 0. The van der Waals surface area contributed by atoms with Crippen LogP contribution >= 0.6 is 0 Å². The van der Waals surface area contributed by atoms with Gasteiger partial charge in [-0.25, -0.2) is 4.39 Å². The molecule has 1 atom stereocenters. The molecule has 0 bridgehead atoms. The summed E-state index contributed by atoms with van der Waals surface area (Å²) in [4.78, 5) is 26.7. The Labute approximate surface area is 182 Å². The average molecular weight is 419 g/mol. The Kier molecular flexibility index (Phi) is 5.29. The third kappa shape index (κ3) is 4.05. The van der Waals surface area contributed by atoms with Gasteiger partial charge in [-0.05, 0) is 55.0 Å². The third-order valence-electron chi connectivity index (χ3n) is 6.08. The first-order valence-electron chi connectivity index (χ1n) is 10.5. The van der Waals surface area contributed by atoms with Gasteiger partial charge in [0.05, 0.1) is 0 Å².